The van der Waals surface area contributed by atoms with Gasteiger partial charge in [0.05, 0.1) is 23.5 Å². The Morgan fingerprint density at radius 2 is 2.35 bits per heavy atom. The molecule has 0 saturated carbocycles. The van der Waals surface area contributed by atoms with Gasteiger partial charge in [-0.2, -0.15) is 5.10 Å². The monoisotopic (exact) mass is 238 g/mol. The number of rotatable bonds is 2. The molecule has 1 saturated heterocycles. The van der Waals surface area contributed by atoms with Crippen molar-refractivity contribution in [3.8, 4) is 0 Å². The van der Waals surface area contributed by atoms with Crippen LogP contribution in [0.25, 0.3) is 0 Å². The molecule has 1 aliphatic heterocycles. The Bertz CT molecular complexity index is 429. The maximum atomic E-state index is 12.2. The number of carbonyl (C=O) groups is 1. The lowest BCUT2D eigenvalue weighted by molar-refractivity contribution is 0.0570. The van der Waals surface area contributed by atoms with Gasteiger partial charge in [-0.1, -0.05) is 0 Å². The summed E-state index contributed by atoms with van der Waals surface area (Å²) in [6.07, 6.45) is 0.914. The van der Waals surface area contributed by atoms with Gasteiger partial charge in [0.2, 0.25) is 0 Å². The third-order valence-corrected chi connectivity index (χ3v) is 3.35. The second-order valence-corrected chi connectivity index (χ2v) is 4.46. The van der Waals surface area contributed by atoms with Gasteiger partial charge in [-0.25, -0.2) is 0 Å². The van der Waals surface area contributed by atoms with Crippen LogP contribution in [0.1, 0.15) is 29.5 Å². The second kappa shape index (κ2) is 4.37. The zero-order chi connectivity index (χ0) is 12.6. The van der Waals surface area contributed by atoms with Gasteiger partial charge < -0.3 is 15.4 Å². The van der Waals surface area contributed by atoms with E-state index < -0.39 is 0 Å². The minimum atomic E-state index is -0.158. The fraction of sp³-hybridized carbons (Fsp3) is 0.636. The normalized spacial score (nSPS) is 23.9. The van der Waals surface area contributed by atoms with E-state index in [0.717, 1.165) is 12.1 Å². The van der Waals surface area contributed by atoms with Crippen molar-refractivity contribution in [1.29, 1.82) is 0 Å². The number of nitrogens with zero attached hydrogens (tertiary/aromatic N) is 2. The molecule has 1 aromatic rings. The topological polar surface area (TPSA) is 84.2 Å². The van der Waals surface area contributed by atoms with Crippen molar-refractivity contribution in [2.24, 2.45) is 0 Å². The number of likely N-dealkylation sites (N-methyl/N-ethyl adjacent to an activating group) is 1. The summed E-state index contributed by atoms with van der Waals surface area (Å²) in [4.78, 5) is 13.9. The molecule has 0 radical (unpaired) electrons. The molecule has 0 spiro atoms. The number of nitrogen functional groups attached to an aromatic ring is 1. The third kappa shape index (κ3) is 2.00. The fourth-order valence-electron chi connectivity index (χ4n) is 2.15. The summed E-state index contributed by atoms with van der Waals surface area (Å²) in [7, 11) is 1.77. The maximum absolute atomic E-state index is 12.2. The van der Waals surface area contributed by atoms with Gasteiger partial charge in [0.15, 0.2) is 5.69 Å². The Hall–Kier alpha value is -1.56. The average molecular weight is 238 g/mol. The highest BCUT2D eigenvalue weighted by atomic mass is 16.5. The highest BCUT2D eigenvalue weighted by Gasteiger charge is 2.32. The average Bonchev–Trinajstić information content (AvgIpc) is 2.86. The molecular weight excluding hydrogens is 220 g/mol. The van der Waals surface area contributed by atoms with Crippen LogP contribution in [0, 0.1) is 6.92 Å². The number of hydrogen-bond donors (Lipinski definition) is 2. The van der Waals surface area contributed by atoms with Gasteiger partial charge in [0.1, 0.15) is 0 Å². The zero-order valence-electron chi connectivity index (χ0n) is 10.4. The number of aryl methyl sites for hydroxylation is 1. The molecule has 2 atom stereocenters. The van der Waals surface area contributed by atoms with E-state index in [1.54, 1.807) is 18.9 Å². The fourth-order valence-corrected chi connectivity index (χ4v) is 2.15. The molecule has 3 N–H and O–H groups in total. The van der Waals surface area contributed by atoms with E-state index >= 15 is 0 Å². The summed E-state index contributed by atoms with van der Waals surface area (Å²) in [5, 5.41) is 6.67. The Balaban J connectivity index is 2.17. The predicted molar refractivity (Wildman–Crippen MR) is 63.6 cm³/mol. The summed E-state index contributed by atoms with van der Waals surface area (Å²) in [5.74, 6) is -0.158. The van der Waals surface area contributed by atoms with Crippen LogP contribution in [0.15, 0.2) is 0 Å². The number of nitrogens with one attached hydrogen (secondary N) is 1. The number of hydrogen-bond acceptors (Lipinski definition) is 4. The van der Waals surface area contributed by atoms with Gasteiger partial charge in [-0.05, 0) is 20.3 Å². The van der Waals surface area contributed by atoms with Crippen LogP contribution in [0.3, 0.4) is 0 Å². The first-order chi connectivity index (χ1) is 8.02. The van der Waals surface area contributed by atoms with Gasteiger partial charge in [0, 0.05) is 13.7 Å². The number of amides is 1. The minimum absolute atomic E-state index is 0.0604. The molecule has 2 heterocycles. The Morgan fingerprint density at radius 1 is 1.65 bits per heavy atom. The van der Waals surface area contributed by atoms with E-state index in [2.05, 4.69) is 10.2 Å². The third-order valence-electron chi connectivity index (χ3n) is 3.35. The highest BCUT2D eigenvalue weighted by Crippen LogP contribution is 2.21. The van der Waals surface area contributed by atoms with Crippen LogP contribution in [-0.2, 0) is 4.74 Å². The molecule has 1 amide bonds. The standard InChI is InChI=1S/C11H18N4O2/c1-6-9(12)10(14-13-6)11(16)15(3)8-4-5-17-7(8)2/h7-8H,4-5,12H2,1-3H3,(H,13,14). The number of carbonyl (C=O) groups excluding carboxylic acids is 1. The maximum Gasteiger partial charge on any atom is 0.276 e. The van der Waals surface area contributed by atoms with Crippen LogP contribution in [-0.4, -0.2) is 46.8 Å². The van der Waals surface area contributed by atoms with Crippen LogP contribution >= 0.6 is 0 Å². The molecule has 0 aromatic carbocycles. The first-order valence-electron chi connectivity index (χ1n) is 5.71. The van der Waals surface area contributed by atoms with Gasteiger partial charge in [0.25, 0.3) is 5.91 Å². The van der Waals surface area contributed by atoms with Crippen molar-refractivity contribution in [1.82, 2.24) is 15.1 Å². The minimum Gasteiger partial charge on any atom is -0.395 e. The molecule has 94 valence electrons. The number of aromatic amines is 1. The van der Waals surface area contributed by atoms with E-state index in [0.29, 0.717) is 18.0 Å². The lowest BCUT2D eigenvalue weighted by Crippen LogP contribution is -2.41. The molecule has 6 nitrogen and oxygen atoms in total. The van der Waals surface area contributed by atoms with Crippen molar-refractivity contribution < 1.29 is 9.53 Å². The van der Waals surface area contributed by atoms with E-state index in [9.17, 15) is 4.79 Å². The van der Waals surface area contributed by atoms with E-state index in [1.165, 1.54) is 0 Å². The first-order valence-corrected chi connectivity index (χ1v) is 5.71. The summed E-state index contributed by atoms with van der Waals surface area (Å²) < 4.78 is 5.45. The molecule has 2 rings (SSSR count). The Morgan fingerprint density at radius 3 is 2.82 bits per heavy atom. The van der Waals surface area contributed by atoms with Crippen LogP contribution in [0.2, 0.25) is 0 Å². The molecule has 17 heavy (non-hydrogen) atoms. The lowest BCUT2D eigenvalue weighted by Gasteiger charge is -2.26. The van der Waals surface area contributed by atoms with Crippen molar-refractivity contribution in [2.75, 3.05) is 19.4 Å². The summed E-state index contributed by atoms with van der Waals surface area (Å²) in [6, 6.07) is 0.0962. The van der Waals surface area contributed by atoms with E-state index in [-0.39, 0.29) is 18.1 Å². The highest BCUT2D eigenvalue weighted by molar-refractivity contribution is 5.97. The Labute approximate surface area is 100 Å². The summed E-state index contributed by atoms with van der Waals surface area (Å²) >= 11 is 0. The van der Waals surface area contributed by atoms with Crippen molar-refractivity contribution in [3.63, 3.8) is 0 Å². The van der Waals surface area contributed by atoms with Crippen LogP contribution in [0.5, 0.6) is 0 Å². The Kier molecular flexibility index (Phi) is 3.06. The molecule has 1 fully saturated rings. The first kappa shape index (κ1) is 11.9. The van der Waals surface area contributed by atoms with Crippen molar-refractivity contribution in [3.05, 3.63) is 11.4 Å². The van der Waals surface area contributed by atoms with E-state index in [1.807, 2.05) is 6.92 Å². The molecule has 1 aromatic heterocycles. The van der Waals surface area contributed by atoms with Gasteiger partial charge in [-0.3, -0.25) is 9.89 Å². The quantitative estimate of drug-likeness (QED) is 0.788. The van der Waals surface area contributed by atoms with Gasteiger partial charge in [-0.15, -0.1) is 0 Å². The summed E-state index contributed by atoms with van der Waals surface area (Å²) in [5.41, 5.74) is 7.24. The predicted octanol–water partition coefficient (Wildman–Crippen LogP) is 0.550. The second-order valence-electron chi connectivity index (χ2n) is 4.46. The van der Waals surface area contributed by atoms with Crippen LogP contribution < -0.4 is 5.73 Å². The number of nitrogens with two attached hydrogens (primary N) is 1. The largest absolute Gasteiger partial charge is 0.395 e. The zero-order valence-corrected chi connectivity index (χ0v) is 10.4. The van der Waals surface area contributed by atoms with Gasteiger partial charge >= 0.3 is 0 Å². The number of ether oxygens (including phenoxy) is 1. The number of H-pyrrole nitrogens is 1. The molecular formula is C11H18N4O2. The van der Waals surface area contributed by atoms with E-state index in [4.69, 9.17) is 10.5 Å². The van der Waals surface area contributed by atoms with Crippen molar-refractivity contribution >= 4 is 11.6 Å². The lowest BCUT2D eigenvalue weighted by atomic mass is 10.1. The molecule has 6 heteroatoms. The molecule has 0 aliphatic carbocycles. The number of anilines is 1. The van der Waals surface area contributed by atoms with Crippen LogP contribution in [0.4, 0.5) is 5.69 Å². The number of aromatic nitrogens is 2. The molecule has 1 aliphatic rings. The molecule has 0 bridgehead atoms. The molecule has 2 unspecified atom stereocenters. The smallest absolute Gasteiger partial charge is 0.276 e. The SMILES string of the molecule is Cc1[nH]nc(C(=O)N(C)C2CCOC2C)c1N. The summed E-state index contributed by atoms with van der Waals surface area (Å²) in [6.45, 7) is 4.46. The van der Waals surface area contributed by atoms with Crippen molar-refractivity contribution in [2.45, 2.75) is 32.4 Å².